The molecule has 1 aromatic heterocycles. The van der Waals surface area contributed by atoms with E-state index in [9.17, 15) is 4.39 Å². The van der Waals surface area contributed by atoms with Crippen LogP contribution < -0.4 is 21.3 Å². The lowest BCUT2D eigenvalue weighted by molar-refractivity contribution is 0.386. The molecule has 0 atom stereocenters. The summed E-state index contributed by atoms with van der Waals surface area (Å²) in [7, 11) is 1.39. The Bertz CT molecular complexity index is 595. The van der Waals surface area contributed by atoms with E-state index < -0.39 is 5.82 Å². The van der Waals surface area contributed by atoms with Crippen LogP contribution in [0.5, 0.6) is 5.75 Å². The number of benzene rings is 1. The Morgan fingerprint density at radius 3 is 2.84 bits per heavy atom. The molecule has 0 aliphatic carbocycles. The van der Waals surface area contributed by atoms with Gasteiger partial charge in [-0.3, -0.25) is 5.43 Å². The predicted molar refractivity (Wildman–Crippen MR) is 71.1 cm³/mol. The first kappa shape index (κ1) is 13.3. The molecule has 2 aromatic rings. The molecule has 4 N–H and O–H groups in total. The molecule has 1 aromatic carbocycles. The lowest BCUT2D eigenvalue weighted by Gasteiger charge is -2.09. The van der Waals surface area contributed by atoms with Crippen molar-refractivity contribution in [3.05, 3.63) is 35.2 Å². The van der Waals surface area contributed by atoms with Crippen LogP contribution in [-0.2, 0) is 0 Å². The van der Waals surface area contributed by atoms with Gasteiger partial charge >= 0.3 is 0 Å². The summed E-state index contributed by atoms with van der Waals surface area (Å²) in [5, 5.41) is 3.15. The van der Waals surface area contributed by atoms with Gasteiger partial charge in [0.2, 0.25) is 5.95 Å². The summed E-state index contributed by atoms with van der Waals surface area (Å²) < 4.78 is 18.4. The van der Waals surface area contributed by atoms with Gasteiger partial charge in [0.15, 0.2) is 17.4 Å². The molecule has 0 aliphatic heterocycles. The quantitative estimate of drug-likeness (QED) is 0.590. The van der Waals surface area contributed by atoms with Crippen molar-refractivity contribution in [1.82, 2.24) is 9.97 Å². The highest BCUT2D eigenvalue weighted by molar-refractivity contribution is 6.32. The van der Waals surface area contributed by atoms with Gasteiger partial charge in [-0.15, -0.1) is 0 Å². The van der Waals surface area contributed by atoms with Crippen LogP contribution in [0.2, 0.25) is 5.02 Å². The Morgan fingerprint density at radius 2 is 2.21 bits per heavy atom. The third kappa shape index (κ3) is 3.01. The topological polar surface area (TPSA) is 85.1 Å². The van der Waals surface area contributed by atoms with Crippen LogP contribution in [0.3, 0.4) is 0 Å². The summed E-state index contributed by atoms with van der Waals surface area (Å²) in [6.45, 7) is 0. The van der Waals surface area contributed by atoms with Crippen LogP contribution >= 0.6 is 11.6 Å². The largest absolute Gasteiger partial charge is 0.494 e. The number of nitrogens with zero attached hydrogens (tertiary/aromatic N) is 2. The van der Waals surface area contributed by atoms with E-state index in [4.69, 9.17) is 22.2 Å². The highest BCUT2D eigenvalue weighted by atomic mass is 35.5. The second-order valence-electron chi connectivity index (χ2n) is 3.51. The van der Waals surface area contributed by atoms with Gasteiger partial charge in [0.1, 0.15) is 5.02 Å². The molecule has 0 unspecified atom stereocenters. The van der Waals surface area contributed by atoms with Crippen LogP contribution in [-0.4, -0.2) is 17.1 Å². The minimum atomic E-state index is -0.491. The van der Waals surface area contributed by atoms with Crippen molar-refractivity contribution in [2.24, 2.45) is 5.84 Å². The van der Waals surface area contributed by atoms with Gasteiger partial charge < -0.3 is 10.1 Å². The van der Waals surface area contributed by atoms with Gasteiger partial charge in [-0.25, -0.2) is 15.2 Å². The molecule has 19 heavy (non-hydrogen) atoms. The summed E-state index contributed by atoms with van der Waals surface area (Å²) in [5.74, 6) is 5.38. The molecule has 0 saturated carbocycles. The van der Waals surface area contributed by atoms with Crippen molar-refractivity contribution < 1.29 is 9.13 Å². The Hall–Kier alpha value is -2.12. The Balaban J connectivity index is 2.28. The first-order valence-corrected chi connectivity index (χ1v) is 5.61. The van der Waals surface area contributed by atoms with E-state index >= 15 is 0 Å². The number of hydrogen-bond acceptors (Lipinski definition) is 6. The second-order valence-corrected chi connectivity index (χ2v) is 3.92. The lowest BCUT2D eigenvalue weighted by atomic mass is 10.3. The maximum Gasteiger partial charge on any atom is 0.239 e. The zero-order chi connectivity index (χ0) is 13.8. The van der Waals surface area contributed by atoms with Gasteiger partial charge in [-0.2, -0.15) is 4.98 Å². The number of ether oxygens (including phenoxy) is 1. The molecule has 0 radical (unpaired) electrons. The number of nitrogen functional groups attached to an aromatic ring is 1. The van der Waals surface area contributed by atoms with Crippen molar-refractivity contribution in [3.8, 4) is 5.75 Å². The summed E-state index contributed by atoms with van der Waals surface area (Å²) in [6.07, 6.45) is 1.38. The Labute approximate surface area is 113 Å². The minimum Gasteiger partial charge on any atom is -0.494 e. The zero-order valence-corrected chi connectivity index (χ0v) is 10.7. The molecule has 100 valence electrons. The van der Waals surface area contributed by atoms with Crippen molar-refractivity contribution in [2.45, 2.75) is 0 Å². The number of hydrazine groups is 1. The molecule has 0 aliphatic rings. The smallest absolute Gasteiger partial charge is 0.239 e. The minimum absolute atomic E-state index is 0.156. The molecule has 8 heteroatoms. The molecule has 6 nitrogen and oxygen atoms in total. The molecule has 2 rings (SSSR count). The summed E-state index contributed by atoms with van der Waals surface area (Å²) in [6, 6.07) is 4.40. The molecule has 1 heterocycles. The maximum absolute atomic E-state index is 13.5. The maximum atomic E-state index is 13.5. The van der Waals surface area contributed by atoms with Crippen molar-refractivity contribution in [3.63, 3.8) is 0 Å². The number of nitrogens with one attached hydrogen (secondary N) is 2. The highest BCUT2D eigenvalue weighted by Gasteiger charge is 2.08. The van der Waals surface area contributed by atoms with Gasteiger partial charge in [0.25, 0.3) is 0 Å². The SMILES string of the molecule is COc1ccc(Nc2nc(NN)ncc2Cl)cc1F. The number of hydrogen-bond donors (Lipinski definition) is 3. The number of nitrogens with two attached hydrogens (primary N) is 1. The van der Waals surface area contributed by atoms with E-state index in [1.54, 1.807) is 6.07 Å². The standard InChI is InChI=1S/C11H11ClFN5O/c1-19-9-3-2-6(4-8(9)13)16-10-7(12)5-15-11(17-10)18-14/h2-5H,14H2,1H3,(H2,15,16,17,18). The van der Waals surface area contributed by atoms with E-state index in [0.29, 0.717) is 11.5 Å². The third-order valence-electron chi connectivity index (χ3n) is 2.29. The fourth-order valence-electron chi connectivity index (χ4n) is 1.41. The van der Waals surface area contributed by atoms with Crippen molar-refractivity contribution in [2.75, 3.05) is 17.9 Å². The Morgan fingerprint density at radius 1 is 1.42 bits per heavy atom. The first-order valence-electron chi connectivity index (χ1n) is 5.23. The predicted octanol–water partition coefficient (Wildman–Crippen LogP) is 2.31. The molecule has 0 saturated heterocycles. The average molecular weight is 284 g/mol. The summed E-state index contributed by atoms with van der Waals surface area (Å²) in [5.41, 5.74) is 2.77. The van der Waals surface area contributed by atoms with Gasteiger partial charge in [0.05, 0.1) is 13.3 Å². The highest BCUT2D eigenvalue weighted by Crippen LogP contribution is 2.26. The number of halogens is 2. The fraction of sp³-hybridized carbons (Fsp3) is 0.0909. The number of anilines is 3. The average Bonchev–Trinajstić information content (AvgIpc) is 2.41. The molecular weight excluding hydrogens is 273 g/mol. The van der Waals surface area contributed by atoms with E-state index in [1.807, 2.05) is 0 Å². The molecule has 0 spiro atoms. The normalized spacial score (nSPS) is 10.1. The van der Waals surface area contributed by atoms with E-state index in [-0.39, 0.29) is 16.7 Å². The van der Waals surface area contributed by atoms with E-state index in [2.05, 4.69) is 20.7 Å². The number of rotatable bonds is 4. The van der Waals surface area contributed by atoms with Crippen LogP contribution in [0.1, 0.15) is 0 Å². The summed E-state index contributed by atoms with van der Waals surface area (Å²) >= 11 is 5.93. The zero-order valence-electron chi connectivity index (χ0n) is 9.95. The molecular formula is C11H11ClFN5O. The fourth-order valence-corrected chi connectivity index (χ4v) is 1.54. The van der Waals surface area contributed by atoms with E-state index in [0.717, 1.165) is 0 Å². The number of methoxy groups -OCH3 is 1. The van der Waals surface area contributed by atoms with Gasteiger partial charge in [0, 0.05) is 11.8 Å². The van der Waals surface area contributed by atoms with Crippen LogP contribution in [0.25, 0.3) is 0 Å². The molecule has 0 fully saturated rings. The van der Waals surface area contributed by atoms with Crippen LogP contribution in [0, 0.1) is 5.82 Å². The van der Waals surface area contributed by atoms with Crippen LogP contribution in [0.4, 0.5) is 21.8 Å². The Kier molecular flexibility index (Phi) is 3.98. The summed E-state index contributed by atoms with van der Waals surface area (Å²) in [4.78, 5) is 7.85. The van der Waals surface area contributed by atoms with Gasteiger partial charge in [-0.05, 0) is 12.1 Å². The van der Waals surface area contributed by atoms with Crippen molar-refractivity contribution in [1.29, 1.82) is 0 Å². The lowest BCUT2D eigenvalue weighted by Crippen LogP contribution is -2.11. The van der Waals surface area contributed by atoms with E-state index in [1.165, 1.54) is 25.4 Å². The first-order chi connectivity index (χ1) is 9.13. The monoisotopic (exact) mass is 283 g/mol. The third-order valence-corrected chi connectivity index (χ3v) is 2.56. The second kappa shape index (κ2) is 5.68. The van der Waals surface area contributed by atoms with Crippen molar-refractivity contribution >= 4 is 29.1 Å². The molecule has 0 bridgehead atoms. The molecule has 0 amide bonds. The van der Waals surface area contributed by atoms with Gasteiger partial charge in [-0.1, -0.05) is 11.6 Å². The van der Waals surface area contributed by atoms with Crippen LogP contribution in [0.15, 0.2) is 24.4 Å². The number of aromatic nitrogens is 2.